The quantitative estimate of drug-likeness (QED) is 0.746. The van der Waals surface area contributed by atoms with Gasteiger partial charge in [-0.1, -0.05) is 19.9 Å². The van der Waals surface area contributed by atoms with Crippen molar-refractivity contribution in [2.24, 2.45) is 24.3 Å². The van der Waals surface area contributed by atoms with Crippen molar-refractivity contribution in [3.63, 3.8) is 0 Å². The third-order valence-corrected chi connectivity index (χ3v) is 6.75. The summed E-state index contributed by atoms with van der Waals surface area (Å²) in [6.45, 7) is 12.4. The molecule has 1 N–H and O–H groups in total. The predicted molar refractivity (Wildman–Crippen MR) is 104 cm³/mol. The van der Waals surface area contributed by atoms with Crippen LogP contribution < -0.4 is 5.32 Å². The first-order chi connectivity index (χ1) is 12.8. The van der Waals surface area contributed by atoms with Crippen molar-refractivity contribution in [3.8, 4) is 0 Å². The topological polar surface area (TPSA) is 59.4 Å². The Bertz CT molecular complexity index is 728. The fourth-order valence-corrected chi connectivity index (χ4v) is 5.62. The molecule has 4 rings (SSSR count). The van der Waals surface area contributed by atoms with Crippen LogP contribution in [0.3, 0.4) is 0 Å². The first-order valence-corrected chi connectivity index (χ1v) is 10.1. The minimum absolute atomic E-state index is 0.0108. The van der Waals surface area contributed by atoms with Crippen molar-refractivity contribution in [2.75, 3.05) is 26.2 Å². The zero-order chi connectivity index (χ0) is 19.2. The van der Waals surface area contributed by atoms with Crippen LogP contribution in [-0.2, 0) is 11.8 Å². The van der Waals surface area contributed by atoms with Gasteiger partial charge >= 0.3 is 0 Å². The van der Waals surface area contributed by atoms with E-state index < -0.39 is 0 Å². The number of nitrogens with one attached hydrogen (secondary N) is 1. The molecule has 4 heterocycles. The Labute approximate surface area is 162 Å². The maximum Gasteiger partial charge on any atom is 0.269 e. The molecule has 3 aliphatic rings. The number of fused-ring (bicyclic) bond motifs is 1. The highest BCUT2D eigenvalue weighted by atomic mass is 16.5. The van der Waals surface area contributed by atoms with Crippen molar-refractivity contribution in [3.05, 3.63) is 30.9 Å². The molecule has 2 bridgehead atoms. The lowest BCUT2D eigenvalue weighted by molar-refractivity contribution is 0.0000702. The highest BCUT2D eigenvalue weighted by molar-refractivity contribution is 5.92. The van der Waals surface area contributed by atoms with E-state index in [0.717, 1.165) is 38.9 Å². The van der Waals surface area contributed by atoms with Crippen LogP contribution in [0.4, 0.5) is 0 Å². The number of imidazole rings is 1. The van der Waals surface area contributed by atoms with Crippen molar-refractivity contribution < 1.29 is 9.53 Å². The first-order valence-electron chi connectivity index (χ1n) is 10.1. The SMILES string of the molecule is C=CCC(C)(C)CN1C[C@@H]2[C@H](CNC(=O)c3cncn3C)[C@H]3CC[C@]2(C1)O3. The maximum absolute atomic E-state index is 12.5. The van der Waals surface area contributed by atoms with Crippen LogP contribution in [-0.4, -0.2) is 58.2 Å². The summed E-state index contributed by atoms with van der Waals surface area (Å²) in [6, 6.07) is 0. The van der Waals surface area contributed by atoms with Gasteiger partial charge in [-0.25, -0.2) is 4.98 Å². The molecule has 3 aliphatic heterocycles. The highest BCUT2D eigenvalue weighted by Gasteiger charge is 2.62. The van der Waals surface area contributed by atoms with Crippen LogP contribution >= 0.6 is 0 Å². The van der Waals surface area contributed by atoms with E-state index in [0.29, 0.717) is 30.2 Å². The van der Waals surface area contributed by atoms with Gasteiger partial charge in [0.05, 0.1) is 24.2 Å². The Kier molecular flexibility index (Phi) is 4.67. The zero-order valence-electron chi connectivity index (χ0n) is 16.8. The zero-order valence-corrected chi connectivity index (χ0v) is 16.8. The molecule has 1 aromatic rings. The molecule has 27 heavy (non-hydrogen) atoms. The van der Waals surface area contributed by atoms with E-state index in [-0.39, 0.29) is 16.9 Å². The molecule has 3 fully saturated rings. The van der Waals surface area contributed by atoms with E-state index in [1.54, 1.807) is 17.1 Å². The number of ether oxygens (including phenoxy) is 1. The number of aryl methyl sites for hydroxylation is 1. The molecule has 1 aromatic heterocycles. The second kappa shape index (κ2) is 6.74. The molecule has 0 unspecified atom stereocenters. The first kappa shape index (κ1) is 18.7. The summed E-state index contributed by atoms with van der Waals surface area (Å²) in [5.41, 5.74) is 0.850. The van der Waals surface area contributed by atoms with Crippen molar-refractivity contribution in [1.82, 2.24) is 19.8 Å². The number of carbonyl (C=O) groups is 1. The second-order valence-electron chi connectivity index (χ2n) is 9.46. The number of nitrogens with zero attached hydrogens (tertiary/aromatic N) is 3. The summed E-state index contributed by atoms with van der Waals surface area (Å²) < 4.78 is 8.27. The van der Waals surface area contributed by atoms with Crippen LogP contribution in [0, 0.1) is 17.3 Å². The van der Waals surface area contributed by atoms with Gasteiger partial charge in [-0.05, 0) is 24.7 Å². The Hall–Kier alpha value is -1.66. The number of rotatable bonds is 7. The molecule has 0 aromatic carbocycles. The molecule has 0 saturated carbocycles. The molecule has 6 heteroatoms. The normalized spacial score (nSPS) is 32.6. The van der Waals surface area contributed by atoms with E-state index in [2.05, 4.69) is 35.6 Å². The van der Waals surface area contributed by atoms with Gasteiger partial charge in [0, 0.05) is 45.1 Å². The fourth-order valence-electron chi connectivity index (χ4n) is 5.62. The number of allylic oxidation sites excluding steroid dienone is 1. The fraction of sp³-hybridized carbons (Fsp3) is 0.714. The average Bonchev–Trinajstić information content (AvgIpc) is 3.32. The summed E-state index contributed by atoms with van der Waals surface area (Å²) in [4.78, 5) is 19.1. The van der Waals surface area contributed by atoms with Crippen LogP contribution in [0.15, 0.2) is 25.2 Å². The standard InChI is InChI=1S/C21H32N4O2/c1-5-7-20(2,3)12-25-11-16-15(18-6-8-21(16,13-25)27-18)9-23-19(26)17-10-22-14-24(17)4/h5,10,14-16,18H,1,6-9,11-13H2,2-4H3,(H,23,26)/t15-,16+,18+,21+/m0/s1. The number of carbonyl (C=O) groups excluding carboxylic acids is 1. The maximum atomic E-state index is 12.5. The summed E-state index contributed by atoms with van der Waals surface area (Å²) >= 11 is 0. The summed E-state index contributed by atoms with van der Waals surface area (Å²) in [5, 5.41) is 3.13. The van der Waals surface area contributed by atoms with Crippen LogP contribution in [0.5, 0.6) is 0 Å². The lowest BCUT2D eigenvalue weighted by Crippen LogP contribution is -2.42. The largest absolute Gasteiger partial charge is 0.370 e. The molecular weight excluding hydrogens is 340 g/mol. The van der Waals surface area contributed by atoms with E-state index in [9.17, 15) is 4.79 Å². The number of aromatic nitrogens is 2. The minimum atomic E-state index is -0.0474. The second-order valence-corrected chi connectivity index (χ2v) is 9.46. The highest BCUT2D eigenvalue weighted by Crippen LogP contribution is 2.55. The smallest absolute Gasteiger partial charge is 0.269 e. The summed E-state index contributed by atoms with van der Waals surface area (Å²) in [7, 11) is 1.84. The number of hydrogen-bond acceptors (Lipinski definition) is 4. The molecule has 4 atom stereocenters. The van der Waals surface area contributed by atoms with Crippen LogP contribution in [0.2, 0.25) is 0 Å². The molecule has 3 saturated heterocycles. The molecule has 0 aliphatic carbocycles. The van der Waals surface area contributed by atoms with Gasteiger partial charge in [-0.15, -0.1) is 6.58 Å². The number of amides is 1. The Morgan fingerprint density at radius 2 is 2.37 bits per heavy atom. The predicted octanol–water partition coefficient (Wildman–Crippen LogP) is 2.23. The van der Waals surface area contributed by atoms with Crippen molar-refractivity contribution >= 4 is 5.91 Å². The summed E-state index contributed by atoms with van der Waals surface area (Å²) in [5.74, 6) is 0.875. The Balaban J connectivity index is 1.40. The summed E-state index contributed by atoms with van der Waals surface area (Å²) in [6.07, 6.45) is 8.89. The Morgan fingerprint density at radius 3 is 3.07 bits per heavy atom. The third-order valence-electron chi connectivity index (χ3n) is 6.75. The number of hydrogen-bond donors (Lipinski definition) is 1. The van der Waals surface area contributed by atoms with Crippen molar-refractivity contribution in [1.29, 1.82) is 0 Å². The van der Waals surface area contributed by atoms with E-state index in [1.165, 1.54) is 0 Å². The van der Waals surface area contributed by atoms with Gasteiger partial charge in [0.1, 0.15) is 5.69 Å². The minimum Gasteiger partial charge on any atom is -0.370 e. The molecule has 148 valence electrons. The van der Waals surface area contributed by atoms with Crippen LogP contribution in [0.1, 0.15) is 43.6 Å². The molecule has 0 radical (unpaired) electrons. The van der Waals surface area contributed by atoms with Gasteiger partial charge in [-0.3, -0.25) is 9.69 Å². The van der Waals surface area contributed by atoms with E-state index in [1.807, 2.05) is 13.1 Å². The third kappa shape index (κ3) is 3.34. The lowest BCUT2D eigenvalue weighted by atomic mass is 9.73. The van der Waals surface area contributed by atoms with Gasteiger partial charge < -0.3 is 14.6 Å². The lowest BCUT2D eigenvalue weighted by Gasteiger charge is -2.30. The van der Waals surface area contributed by atoms with E-state index >= 15 is 0 Å². The molecule has 1 amide bonds. The van der Waals surface area contributed by atoms with Gasteiger partial charge in [0.15, 0.2) is 0 Å². The Morgan fingerprint density at radius 1 is 1.56 bits per heavy atom. The van der Waals surface area contributed by atoms with Crippen molar-refractivity contribution in [2.45, 2.75) is 44.8 Å². The molecule has 6 nitrogen and oxygen atoms in total. The van der Waals surface area contributed by atoms with Crippen LogP contribution in [0.25, 0.3) is 0 Å². The van der Waals surface area contributed by atoms with E-state index in [4.69, 9.17) is 4.74 Å². The van der Waals surface area contributed by atoms with Gasteiger partial charge in [-0.2, -0.15) is 0 Å². The average molecular weight is 373 g/mol. The van der Waals surface area contributed by atoms with Gasteiger partial charge in [0.25, 0.3) is 5.91 Å². The number of likely N-dealkylation sites (tertiary alicyclic amines) is 1. The molecule has 1 spiro atoms. The van der Waals surface area contributed by atoms with Gasteiger partial charge in [0.2, 0.25) is 0 Å². The monoisotopic (exact) mass is 372 g/mol. The molecular formula is C21H32N4O2.